The summed E-state index contributed by atoms with van der Waals surface area (Å²) >= 11 is 6.01. The molecule has 112 valence electrons. The van der Waals surface area contributed by atoms with Gasteiger partial charge in [0.05, 0.1) is 11.9 Å². The van der Waals surface area contributed by atoms with Crippen molar-refractivity contribution in [3.8, 4) is 0 Å². The first-order chi connectivity index (χ1) is 9.27. The van der Waals surface area contributed by atoms with Crippen LogP contribution >= 0.6 is 11.6 Å². The van der Waals surface area contributed by atoms with Crippen molar-refractivity contribution in [1.29, 1.82) is 0 Å². The molecule has 1 N–H and O–H groups in total. The van der Waals surface area contributed by atoms with Gasteiger partial charge in [0.2, 0.25) is 15.9 Å². The molecule has 0 fully saturated rings. The topological polar surface area (TPSA) is 66.5 Å². The molecule has 7 heteroatoms. The molecule has 0 aliphatic heterocycles. The molecule has 0 heterocycles. The van der Waals surface area contributed by atoms with Gasteiger partial charge in [0.15, 0.2) is 0 Å². The molecule has 0 saturated heterocycles. The van der Waals surface area contributed by atoms with Crippen molar-refractivity contribution < 1.29 is 13.2 Å². The highest BCUT2D eigenvalue weighted by molar-refractivity contribution is 7.92. The Hall–Kier alpha value is -1.27. The molecule has 0 saturated carbocycles. The zero-order valence-electron chi connectivity index (χ0n) is 11.8. The summed E-state index contributed by atoms with van der Waals surface area (Å²) in [5, 5.41) is 3.12. The monoisotopic (exact) mass is 318 g/mol. The van der Waals surface area contributed by atoms with Crippen LogP contribution in [-0.4, -0.2) is 33.7 Å². The van der Waals surface area contributed by atoms with Gasteiger partial charge in [-0.05, 0) is 31.0 Å². The minimum atomic E-state index is -3.56. The molecule has 0 aliphatic rings. The Kier molecular flexibility index (Phi) is 5.83. The third-order valence-electron chi connectivity index (χ3n) is 2.77. The van der Waals surface area contributed by atoms with Crippen LogP contribution in [0.2, 0.25) is 5.02 Å². The number of nitrogens with zero attached hydrogens (tertiary/aromatic N) is 1. The van der Waals surface area contributed by atoms with E-state index in [1.807, 2.05) is 6.92 Å². The standard InChI is InChI=1S/C13H19ClN2O3S/c1-4-8-15-13(17)9-16(20(3,18)19)12-7-5-6-11(14)10(12)2/h5-7H,4,8-9H2,1-3H3,(H,15,17). The lowest BCUT2D eigenvalue weighted by Gasteiger charge is -2.24. The number of anilines is 1. The van der Waals surface area contributed by atoms with Crippen molar-refractivity contribution >= 4 is 33.2 Å². The third-order valence-corrected chi connectivity index (χ3v) is 4.30. The molecule has 20 heavy (non-hydrogen) atoms. The molecule has 0 unspecified atom stereocenters. The van der Waals surface area contributed by atoms with Crippen LogP contribution in [0.15, 0.2) is 18.2 Å². The summed E-state index contributed by atoms with van der Waals surface area (Å²) in [6.45, 7) is 3.92. The number of amides is 1. The highest BCUT2D eigenvalue weighted by atomic mass is 35.5. The summed E-state index contributed by atoms with van der Waals surface area (Å²) in [4.78, 5) is 11.8. The Morgan fingerprint density at radius 3 is 2.60 bits per heavy atom. The Morgan fingerprint density at radius 1 is 1.40 bits per heavy atom. The van der Waals surface area contributed by atoms with Gasteiger partial charge in [-0.1, -0.05) is 24.6 Å². The van der Waals surface area contributed by atoms with E-state index in [1.165, 1.54) is 0 Å². The molecule has 0 aliphatic carbocycles. The summed E-state index contributed by atoms with van der Waals surface area (Å²) in [6.07, 6.45) is 1.86. The smallest absolute Gasteiger partial charge is 0.240 e. The number of halogens is 1. The third kappa shape index (κ3) is 4.38. The Balaban J connectivity index is 3.08. The van der Waals surface area contributed by atoms with Crippen molar-refractivity contribution in [1.82, 2.24) is 5.32 Å². The van der Waals surface area contributed by atoms with E-state index in [4.69, 9.17) is 11.6 Å². The van der Waals surface area contributed by atoms with Gasteiger partial charge < -0.3 is 5.32 Å². The van der Waals surface area contributed by atoms with Crippen LogP contribution < -0.4 is 9.62 Å². The molecule has 1 rings (SSSR count). The lowest BCUT2D eigenvalue weighted by atomic mass is 10.2. The molecule has 1 aromatic rings. The van der Waals surface area contributed by atoms with E-state index in [2.05, 4.69) is 5.32 Å². The van der Waals surface area contributed by atoms with Crippen LogP contribution in [0.25, 0.3) is 0 Å². The van der Waals surface area contributed by atoms with Gasteiger partial charge >= 0.3 is 0 Å². The maximum Gasteiger partial charge on any atom is 0.240 e. The number of sulfonamides is 1. The van der Waals surface area contributed by atoms with Gasteiger partial charge in [-0.15, -0.1) is 0 Å². The fourth-order valence-electron chi connectivity index (χ4n) is 1.70. The number of hydrogen-bond donors (Lipinski definition) is 1. The minimum absolute atomic E-state index is 0.250. The van der Waals surface area contributed by atoms with Gasteiger partial charge in [0.1, 0.15) is 6.54 Å². The van der Waals surface area contributed by atoms with Crippen LogP contribution in [0.3, 0.4) is 0 Å². The molecule has 0 aromatic heterocycles. The summed E-state index contributed by atoms with van der Waals surface area (Å²) in [6, 6.07) is 4.97. The van der Waals surface area contributed by atoms with Gasteiger partial charge in [0.25, 0.3) is 0 Å². The molecule has 5 nitrogen and oxygen atoms in total. The minimum Gasteiger partial charge on any atom is -0.355 e. The number of benzene rings is 1. The highest BCUT2D eigenvalue weighted by Crippen LogP contribution is 2.27. The predicted molar refractivity (Wildman–Crippen MR) is 81.7 cm³/mol. The predicted octanol–water partition coefficient (Wildman–Crippen LogP) is 1.94. The number of nitrogens with one attached hydrogen (secondary N) is 1. The quantitative estimate of drug-likeness (QED) is 0.871. The van der Waals surface area contributed by atoms with Crippen LogP contribution in [0.5, 0.6) is 0 Å². The van der Waals surface area contributed by atoms with E-state index in [0.717, 1.165) is 17.0 Å². The molecular weight excluding hydrogens is 300 g/mol. The number of carbonyl (C=O) groups excluding carboxylic acids is 1. The van der Waals surface area contributed by atoms with Gasteiger partial charge in [-0.3, -0.25) is 9.10 Å². The number of rotatable bonds is 6. The lowest BCUT2D eigenvalue weighted by Crippen LogP contribution is -2.40. The summed E-state index contributed by atoms with van der Waals surface area (Å²) in [7, 11) is -3.56. The Bertz CT molecular complexity index is 587. The molecule has 1 amide bonds. The van der Waals surface area contributed by atoms with Gasteiger partial charge in [-0.2, -0.15) is 0 Å². The Labute approximate surface area is 125 Å². The normalized spacial score (nSPS) is 11.2. The maximum atomic E-state index is 11.9. The zero-order valence-corrected chi connectivity index (χ0v) is 13.4. The van der Waals surface area contributed by atoms with E-state index in [9.17, 15) is 13.2 Å². The van der Waals surface area contributed by atoms with E-state index in [-0.39, 0.29) is 12.5 Å². The second-order valence-electron chi connectivity index (χ2n) is 4.50. The van der Waals surface area contributed by atoms with E-state index in [1.54, 1.807) is 25.1 Å². The van der Waals surface area contributed by atoms with Gasteiger partial charge in [-0.25, -0.2) is 8.42 Å². The van der Waals surface area contributed by atoms with E-state index >= 15 is 0 Å². The Morgan fingerprint density at radius 2 is 2.05 bits per heavy atom. The molecule has 0 bridgehead atoms. The van der Waals surface area contributed by atoms with Crippen molar-refractivity contribution in [2.75, 3.05) is 23.7 Å². The van der Waals surface area contributed by atoms with E-state index in [0.29, 0.717) is 22.8 Å². The molecule has 0 spiro atoms. The number of carbonyl (C=O) groups is 1. The number of hydrogen-bond acceptors (Lipinski definition) is 3. The van der Waals surface area contributed by atoms with Crippen molar-refractivity contribution in [3.63, 3.8) is 0 Å². The first kappa shape index (κ1) is 16.8. The average Bonchev–Trinajstić information content (AvgIpc) is 2.36. The SMILES string of the molecule is CCCNC(=O)CN(c1cccc(Cl)c1C)S(C)(=O)=O. The fraction of sp³-hybridized carbons (Fsp3) is 0.462. The molecular formula is C13H19ClN2O3S. The van der Waals surface area contributed by atoms with Crippen LogP contribution in [0.4, 0.5) is 5.69 Å². The summed E-state index contributed by atoms with van der Waals surface area (Å²) < 4.78 is 24.9. The van der Waals surface area contributed by atoms with Gasteiger partial charge in [0, 0.05) is 11.6 Å². The maximum absolute atomic E-state index is 11.9. The summed E-state index contributed by atoms with van der Waals surface area (Å²) in [5.41, 5.74) is 1.05. The second-order valence-corrected chi connectivity index (χ2v) is 6.82. The lowest BCUT2D eigenvalue weighted by molar-refractivity contribution is -0.119. The average molecular weight is 319 g/mol. The van der Waals surface area contributed by atoms with Crippen LogP contribution in [0.1, 0.15) is 18.9 Å². The van der Waals surface area contributed by atoms with Crippen molar-refractivity contribution in [2.45, 2.75) is 20.3 Å². The molecule has 1 aromatic carbocycles. The van der Waals surface area contributed by atoms with Crippen molar-refractivity contribution in [2.24, 2.45) is 0 Å². The van der Waals surface area contributed by atoms with Crippen molar-refractivity contribution in [3.05, 3.63) is 28.8 Å². The second kappa shape index (κ2) is 6.95. The zero-order chi connectivity index (χ0) is 15.3. The first-order valence-electron chi connectivity index (χ1n) is 6.27. The fourth-order valence-corrected chi connectivity index (χ4v) is 2.77. The molecule has 0 atom stereocenters. The molecule has 0 radical (unpaired) electrons. The van der Waals surface area contributed by atoms with Crippen LogP contribution in [-0.2, 0) is 14.8 Å². The largest absolute Gasteiger partial charge is 0.355 e. The summed E-state index contributed by atoms with van der Waals surface area (Å²) in [5.74, 6) is -0.336. The van der Waals surface area contributed by atoms with E-state index < -0.39 is 10.0 Å². The highest BCUT2D eigenvalue weighted by Gasteiger charge is 2.22. The van der Waals surface area contributed by atoms with Crippen LogP contribution in [0, 0.1) is 6.92 Å². The first-order valence-corrected chi connectivity index (χ1v) is 8.49.